The third-order valence-corrected chi connectivity index (χ3v) is 3.73. The summed E-state index contributed by atoms with van der Waals surface area (Å²) in [6, 6.07) is 18.0. The molecular formula is C20H19N3O3. The smallest absolute Gasteiger partial charge is 0.259 e. The Morgan fingerprint density at radius 1 is 0.885 bits per heavy atom. The first-order valence-corrected chi connectivity index (χ1v) is 8.01. The Kier molecular flexibility index (Phi) is 5.34. The van der Waals surface area contributed by atoms with Gasteiger partial charge in [0.2, 0.25) is 0 Å². The van der Waals surface area contributed by atoms with Gasteiger partial charge in [-0.1, -0.05) is 6.07 Å². The molecule has 0 radical (unpaired) electrons. The van der Waals surface area contributed by atoms with E-state index in [2.05, 4.69) is 15.6 Å². The second-order valence-electron chi connectivity index (χ2n) is 5.44. The van der Waals surface area contributed by atoms with Crippen molar-refractivity contribution in [1.82, 2.24) is 4.98 Å². The molecule has 132 valence electrons. The highest BCUT2D eigenvalue weighted by molar-refractivity contribution is 6.07. The number of carbonyl (C=O) groups excluding carboxylic acids is 1. The Bertz CT molecular complexity index is 895. The van der Waals surface area contributed by atoms with Crippen molar-refractivity contribution in [2.24, 2.45) is 0 Å². The van der Waals surface area contributed by atoms with Crippen LogP contribution in [-0.4, -0.2) is 25.1 Å². The van der Waals surface area contributed by atoms with Crippen LogP contribution in [0.15, 0.2) is 66.9 Å². The molecule has 1 amide bonds. The Morgan fingerprint density at radius 3 is 2.38 bits per heavy atom. The van der Waals surface area contributed by atoms with Gasteiger partial charge in [0.15, 0.2) is 0 Å². The SMILES string of the molecule is COc1ccc(Nc2ncccc2C(=O)Nc2cccc(OC)c2)cc1. The van der Waals surface area contributed by atoms with Gasteiger partial charge >= 0.3 is 0 Å². The summed E-state index contributed by atoms with van der Waals surface area (Å²) in [6.07, 6.45) is 1.63. The molecule has 6 heteroatoms. The molecule has 3 rings (SSSR count). The first-order valence-electron chi connectivity index (χ1n) is 8.01. The zero-order valence-electron chi connectivity index (χ0n) is 14.5. The van der Waals surface area contributed by atoms with Gasteiger partial charge in [-0.3, -0.25) is 4.79 Å². The summed E-state index contributed by atoms with van der Waals surface area (Å²) in [5, 5.41) is 6.02. The van der Waals surface area contributed by atoms with E-state index in [0.29, 0.717) is 22.8 Å². The number of hydrogen-bond donors (Lipinski definition) is 2. The number of pyridine rings is 1. The molecule has 2 aromatic carbocycles. The van der Waals surface area contributed by atoms with Crippen LogP contribution in [0.4, 0.5) is 17.2 Å². The molecule has 2 N–H and O–H groups in total. The number of anilines is 3. The number of nitrogens with one attached hydrogen (secondary N) is 2. The summed E-state index contributed by atoms with van der Waals surface area (Å²) in [7, 11) is 3.20. The average Bonchev–Trinajstić information content (AvgIpc) is 2.69. The van der Waals surface area contributed by atoms with Crippen LogP contribution < -0.4 is 20.1 Å². The molecule has 0 aliphatic carbocycles. The molecule has 0 saturated heterocycles. The summed E-state index contributed by atoms with van der Waals surface area (Å²) in [5.41, 5.74) is 1.89. The molecular weight excluding hydrogens is 330 g/mol. The summed E-state index contributed by atoms with van der Waals surface area (Å²) >= 11 is 0. The van der Waals surface area contributed by atoms with Crippen molar-refractivity contribution in [2.75, 3.05) is 24.9 Å². The predicted molar refractivity (Wildman–Crippen MR) is 101 cm³/mol. The number of aromatic nitrogens is 1. The molecule has 3 aromatic rings. The Morgan fingerprint density at radius 2 is 1.65 bits per heavy atom. The van der Waals surface area contributed by atoms with E-state index in [1.165, 1.54) is 0 Å². The Labute approximate surface area is 151 Å². The fourth-order valence-electron chi connectivity index (χ4n) is 2.40. The second kappa shape index (κ2) is 8.02. The lowest BCUT2D eigenvalue weighted by atomic mass is 10.2. The molecule has 0 atom stereocenters. The van der Waals surface area contributed by atoms with E-state index in [9.17, 15) is 4.79 Å². The van der Waals surface area contributed by atoms with Crippen molar-refractivity contribution in [3.05, 3.63) is 72.4 Å². The number of hydrogen-bond acceptors (Lipinski definition) is 5. The number of benzene rings is 2. The largest absolute Gasteiger partial charge is 0.497 e. The summed E-state index contributed by atoms with van der Waals surface area (Å²) in [4.78, 5) is 17.0. The lowest BCUT2D eigenvalue weighted by Gasteiger charge is -2.12. The van der Waals surface area contributed by atoms with Crippen LogP contribution in [-0.2, 0) is 0 Å². The molecule has 0 spiro atoms. The molecule has 0 unspecified atom stereocenters. The highest BCUT2D eigenvalue weighted by atomic mass is 16.5. The highest BCUT2D eigenvalue weighted by Gasteiger charge is 2.13. The van der Waals surface area contributed by atoms with Crippen molar-refractivity contribution in [3.8, 4) is 11.5 Å². The van der Waals surface area contributed by atoms with Crippen molar-refractivity contribution < 1.29 is 14.3 Å². The normalized spacial score (nSPS) is 10.1. The molecule has 0 aliphatic rings. The number of rotatable bonds is 6. The lowest BCUT2D eigenvalue weighted by Crippen LogP contribution is -2.14. The number of amides is 1. The highest BCUT2D eigenvalue weighted by Crippen LogP contribution is 2.23. The molecule has 26 heavy (non-hydrogen) atoms. The van der Waals surface area contributed by atoms with Crippen molar-refractivity contribution in [3.63, 3.8) is 0 Å². The van der Waals surface area contributed by atoms with E-state index >= 15 is 0 Å². The molecule has 1 aromatic heterocycles. The van der Waals surface area contributed by atoms with Gasteiger partial charge < -0.3 is 20.1 Å². The van der Waals surface area contributed by atoms with E-state index in [1.54, 1.807) is 44.7 Å². The van der Waals surface area contributed by atoms with Crippen LogP contribution in [0.2, 0.25) is 0 Å². The van der Waals surface area contributed by atoms with Crippen LogP contribution in [0, 0.1) is 0 Å². The van der Waals surface area contributed by atoms with Crippen molar-refractivity contribution >= 4 is 23.1 Å². The number of methoxy groups -OCH3 is 2. The second-order valence-corrected chi connectivity index (χ2v) is 5.44. The van der Waals surface area contributed by atoms with Crippen LogP contribution >= 0.6 is 0 Å². The minimum atomic E-state index is -0.262. The monoisotopic (exact) mass is 349 g/mol. The van der Waals surface area contributed by atoms with Crippen LogP contribution in [0.25, 0.3) is 0 Å². The molecule has 6 nitrogen and oxygen atoms in total. The van der Waals surface area contributed by atoms with Gasteiger partial charge in [0, 0.05) is 23.6 Å². The number of nitrogens with zero attached hydrogens (tertiary/aromatic N) is 1. The van der Waals surface area contributed by atoms with E-state index in [4.69, 9.17) is 9.47 Å². The molecule has 0 aliphatic heterocycles. The minimum absolute atomic E-state index is 0.262. The van der Waals surface area contributed by atoms with Gasteiger partial charge in [0.05, 0.1) is 19.8 Å². The van der Waals surface area contributed by atoms with Crippen LogP contribution in [0.1, 0.15) is 10.4 Å². The summed E-state index contributed by atoms with van der Waals surface area (Å²) in [5.74, 6) is 1.64. The van der Waals surface area contributed by atoms with E-state index in [0.717, 1.165) is 11.4 Å². The van der Waals surface area contributed by atoms with Gasteiger partial charge in [-0.05, 0) is 48.5 Å². The first-order chi connectivity index (χ1) is 12.7. The zero-order valence-corrected chi connectivity index (χ0v) is 14.5. The third kappa shape index (κ3) is 4.10. The van der Waals surface area contributed by atoms with Crippen molar-refractivity contribution in [2.45, 2.75) is 0 Å². The molecule has 1 heterocycles. The fraction of sp³-hybridized carbons (Fsp3) is 0.100. The van der Waals surface area contributed by atoms with E-state index in [1.807, 2.05) is 36.4 Å². The van der Waals surface area contributed by atoms with Crippen LogP contribution in [0.3, 0.4) is 0 Å². The third-order valence-electron chi connectivity index (χ3n) is 3.73. The summed E-state index contributed by atoms with van der Waals surface area (Å²) in [6.45, 7) is 0. The molecule has 0 fully saturated rings. The summed E-state index contributed by atoms with van der Waals surface area (Å²) < 4.78 is 10.3. The van der Waals surface area contributed by atoms with Gasteiger partial charge in [-0.2, -0.15) is 0 Å². The topological polar surface area (TPSA) is 72.5 Å². The molecule has 0 saturated carbocycles. The Balaban J connectivity index is 1.80. The minimum Gasteiger partial charge on any atom is -0.497 e. The maximum atomic E-state index is 12.7. The quantitative estimate of drug-likeness (QED) is 0.701. The van der Waals surface area contributed by atoms with Crippen molar-refractivity contribution in [1.29, 1.82) is 0 Å². The van der Waals surface area contributed by atoms with Crippen LogP contribution in [0.5, 0.6) is 11.5 Å². The maximum Gasteiger partial charge on any atom is 0.259 e. The maximum absolute atomic E-state index is 12.7. The number of carbonyl (C=O) groups is 1. The van der Waals surface area contributed by atoms with Gasteiger partial charge in [-0.15, -0.1) is 0 Å². The van der Waals surface area contributed by atoms with E-state index in [-0.39, 0.29) is 5.91 Å². The predicted octanol–water partition coefficient (Wildman–Crippen LogP) is 4.09. The fourth-order valence-corrected chi connectivity index (χ4v) is 2.40. The average molecular weight is 349 g/mol. The van der Waals surface area contributed by atoms with Gasteiger partial charge in [-0.25, -0.2) is 4.98 Å². The van der Waals surface area contributed by atoms with Gasteiger partial charge in [0.1, 0.15) is 17.3 Å². The van der Waals surface area contributed by atoms with Gasteiger partial charge in [0.25, 0.3) is 5.91 Å². The Hall–Kier alpha value is -3.54. The zero-order chi connectivity index (χ0) is 18.4. The molecule has 0 bridgehead atoms. The first kappa shape index (κ1) is 17.3. The number of ether oxygens (including phenoxy) is 2. The lowest BCUT2D eigenvalue weighted by molar-refractivity contribution is 0.102. The van der Waals surface area contributed by atoms with E-state index < -0.39 is 0 Å². The standard InChI is InChI=1S/C20H19N3O3/c1-25-16-10-8-14(9-11-16)22-19-18(7-4-12-21-19)20(24)23-15-5-3-6-17(13-15)26-2/h3-13H,1-2H3,(H,21,22)(H,23,24).